The van der Waals surface area contributed by atoms with Gasteiger partial charge >= 0.3 is 0 Å². The zero-order valence-corrected chi connectivity index (χ0v) is 12.9. The molecule has 1 aromatic rings. The van der Waals surface area contributed by atoms with Crippen LogP contribution in [0.1, 0.15) is 47.4 Å². The minimum absolute atomic E-state index is 0.0466. The molecule has 0 saturated heterocycles. The summed E-state index contributed by atoms with van der Waals surface area (Å²) in [5.41, 5.74) is 0.752. The van der Waals surface area contributed by atoms with Crippen LogP contribution in [0, 0.1) is 0 Å². The van der Waals surface area contributed by atoms with Gasteiger partial charge in [0.2, 0.25) is 0 Å². The zero-order chi connectivity index (χ0) is 15.8. The Hall–Kier alpha value is -1.88. The third-order valence-electron chi connectivity index (χ3n) is 3.37. The van der Waals surface area contributed by atoms with Gasteiger partial charge in [0.15, 0.2) is 5.78 Å². The number of Topliss-reactive ketones (excluding diaryl/α,β-unsaturated/α-hetero) is 1. The number of hydrogen-bond donors (Lipinski definition) is 1. The number of aliphatic hydroxyl groups excluding tert-OH is 1. The Morgan fingerprint density at radius 1 is 1.19 bits per heavy atom. The quantitative estimate of drug-likeness (QED) is 0.746. The van der Waals surface area contributed by atoms with Gasteiger partial charge in [0.1, 0.15) is 5.75 Å². The number of methoxy groups -OCH3 is 1. The molecular formula is C16H23NO4. The summed E-state index contributed by atoms with van der Waals surface area (Å²) in [5.74, 6) is 0.229. The Morgan fingerprint density at radius 2 is 1.86 bits per heavy atom. The van der Waals surface area contributed by atoms with Crippen molar-refractivity contribution in [2.45, 2.75) is 26.7 Å². The Kier molecular flexibility index (Phi) is 6.88. The van der Waals surface area contributed by atoms with Gasteiger partial charge in [0.25, 0.3) is 5.91 Å². The van der Waals surface area contributed by atoms with E-state index in [4.69, 9.17) is 9.84 Å². The maximum atomic E-state index is 12.5. The number of nitrogens with zero attached hydrogens (tertiary/aromatic N) is 1. The first kappa shape index (κ1) is 17.2. The van der Waals surface area contributed by atoms with Crippen LogP contribution in [0.4, 0.5) is 0 Å². The van der Waals surface area contributed by atoms with Crippen LogP contribution in [0.3, 0.4) is 0 Å². The lowest BCUT2D eigenvalue weighted by molar-refractivity contribution is 0.0766. The van der Waals surface area contributed by atoms with Gasteiger partial charge in [-0.3, -0.25) is 9.59 Å². The van der Waals surface area contributed by atoms with E-state index in [1.165, 1.54) is 7.11 Å². The van der Waals surface area contributed by atoms with Crippen molar-refractivity contribution in [1.82, 2.24) is 4.90 Å². The number of ether oxygens (including phenoxy) is 1. The van der Waals surface area contributed by atoms with Crippen LogP contribution in [0.25, 0.3) is 0 Å². The SMILES string of the molecule is CCN(CC)C(=O)c1ccc(OC)cc1C(=O)CCCO. The van der Waals surface area contributed by atoms with Crippen LogP contribution >= 0.6 is 0 Å². The van der Waals surface area contributed by atoms with Crippen molar-refractivity contribution in [2.24, 2.45) is 0 Å². The number of aliphatic hydroxyl groups is 1. The molecule has 0 unspecified atom stereocenters. The molecule has 0 aliphatic rings. The summed E-state index contributed by atoms with van der Waals surface area (Å²) in [7, 11) is 1.52. The zero-order valence-electron chi connectivity index (χ0n) is 12.9. The third kappa shape index (κ3) is 4.29. The minimum atomic E-state index is -0.157. The molecule has 116 valence electrons. The molecule has 0 spiro atoms. The van der Waals surface area contributed by atoms with Gasteiger partial charge in [-0.2, -0.15) is 0 Å². The van der Waals surface area contributed by atoms with Crippen molar-refractivity contribution < 1.29 is 19.4 Å². The van der Waals surface area contributed by atoms with Crippen LogP contribution in [0.15, 0.2) is 18.2 Å². The molecule has 1 N–H and O–H groups in total. The summed E-state index contributed by atoms with van der Waals surface area (Å²) in [6.07, 6.45) is 0.594. The maximum Gasteiger partial charge on any atom is 0.254 e. The standard InChI is InChI=1S/C16H23NO4/c1-4-17(5-2)16(20)13-9-8-12(21-3)11-14(13)15(19)7-6-10-18/h8-9,11,18H,4-7,10H2,1-3H3. The highest BCUT2D eigenvalue weighted by Gasteiger charge is 2.21. The van der Waals surface area contributed by atoms with Gasteiger partial charge in [0, 0.05) is 31.7 Å². The second kappa shape index (κ2) is 8.42. The predicted molar refractivity (Wildman–Crippen MR) is 80.9 cm³/mol. The van der Waals surface area contributed by atoms with Gasteiger partial charge in [-0.15, -0.1) is 0 Å². The number of ketones is 1. The topological polar surface area (TPSA) is 66.8 Å². The molecule has 0 bridgehead atoms. The lowest BCUT2D eigenvalue weighted by Gasteiger charge is -2.20. The Balaban J connectivity index is 3.18. The molecule has 0 saturated carbocycles. The second-order valence-corrected chi connectivity index (χ2v) is 4.64. The molecule has 1 amide bonds. The number of amides is 1. The van der Waals surface area contributed by atoms with Crippen molar-refractivity contribution in [3.05, 3.63) is 29.3 Å². The number of hydrogen-bond acceptors (Lipinski definition) is 4. The lowest BCUT2D eigenvalue weighted by Crippen LogP contribution is -2.31. The molecule has 1 aromatic carbocycles. The molecule has 5 nitrogen and oxygen atoms in total. The van der Waals surface area contributed by atoms with Crippen LogP contribution in [0.2, 0.25) is 0 Å². The molecule has 0 radical (unpaired) electrons. The fourth-order valence-corrected chi connectivity index (χ4v) is 2.12. The number of benzene rings is 1. The Labute approximate surface area is 125 Å². The van der Waals surface area contributed by atoms with E-state index >= 15 is 0 Å². The molecule has 0 atom stereocenters. The molecular weight excluding hydrogens is 270 g/mol. The smallest absolute Gasteiger partial charge is 0.254 e. The van der Waals surface area contributed by atoms with Crippen molar-refractivity contribution in [1.29, 1.82) is 0 Å². The summed E-state index contributed by atoms with van der Waals surface area (Å²) in [6.45, 7) is 4.93. The Bertz CT molecular complexity index is 495. The van der Waals surface area contributed by atoms with E-state index in [9.17, 15) is 9.59 Å². The summed E-state index contributed by atoms with van der Waals surface area (Å²) in [5, 5.41) is 8.85. The summed E-state index contributed by atoms with van der Waals surface area (Å²) in [4.78, 5) is 26.4. The summed E-state index contributed by atoms with van der Waals surface area (Å²) < 4.78 is 5.13. The highest BCUT2D eigenvalue weighted by molar-refractivity contribution is 6.08. The van der Waals surface area contributed by atoms with Crippen LogP contribution in [0.5, 0.6) is 5.75 Å². The van der Waals surface area contributed by atoms with Crippen molar-refractivity contribution in [3.8, 4) is 5.75 Å². The van der Waals surface area contributed by atoms with E-state index < -0.39 is 0 Å². The highest BCUT2D eigenvalue weighted by Crippen LogP contribution is 2.21. The van der Waals surface area contributed by atoms with E-state index in [2.05, 4.69) is 0 Å². The largest absolute Gasteiger partial charge is 0.497 e. The molecule has 21 heavy (non-hydrogen) atoms. The van der Waals surface area contributed by atoms with E-state index in [1.807, 2.05) is 13.8 Å². The first-order chi connectivity index (χ1) is 10.1. The molecule has 0 fully saturated rings. The molecule has 0 aliphatic carbocycles. The number of rotatable bonds is 8. The van der Waals surface area contributed by atoms with Gasteiger partial charge in [0.05, 0.1) is 12.7 Å². The summed E-state index contributed by atoms with van der Waals surface area (Å²) >= 11 is 0. The minimum Gasteiger partial charge on any atom is -0.497 e. The summed E-state index contributed by atoms with van der Waals surface area (Å²) in [6, 6.07) is 4.90. The average Bonchev–Trinajstić information content (AvgIpc) is 2.52. The average molecular weight is 293 g/mol. The van der Waals surface area contributed by atoms with E-state index in [-0.39, 0.29) is 24.7 Å². The fraction of sp³-hybridized carbons (Fsp3) is 0.500. The first-order valence-corrected chi connectivity index (χ1v) is 7.20. The van der Waals surface area contributed by atoms with Crippen LogP contribution in [-0.2, 0) is 0 Å². The number of carbonyl (C=O) groups excluding carboxylic acids is 2. The normalized spacial score (nSPS) is 10.3. The van der Waals surface area contributed by atoms with E-state index in [0.717, 1.165) is 0 Å². The van der Waals surface area contributed by atoms with Gasteiger partial charge in [-0.25, -0.2) is 0 Å². The van der Waals surface area contributed by atoms with Crippen molar-refractivity contribution >= 4 is 11.7 Å². The number of carbonyl (C=O) groups is 2. The third-order valence-corrected chi connectivity index (χ3v) is 3.37. The second-order valence-electron chi connectivity index (χ2n) is 4.64. The van der Waals surface area contributed by atoms with Crippen molar-refractivity contribution in [2.75, 3.05) is 26.8 Å². The molecule has 0 heterocycles. The highest BCUT2D eigenvalue weighted by atomic mass is 16.5. The maximum absolute atomic E-state index is 12.5. The monoisotopic (exact) mass is 293 g/mol. The van der Waals surface area contributed by atoms with E-state index in [1.54, 1.807) is 23.1 Å². The predicted octanol–water partition coefficient (Wildman–Crippen LogP) is 2.13. The lowest BCUT2D eigenvalue weighted by atomic mass is 9.99. The van der Waals surface area contributed by atoms with Gasteiger partial charge < -0.3 is 14.7 Å². The molecule has 1 rings (SSSR count). The van der Waals surface area contributed by atoms with Crippen LogP contribution < -0.4 is 4.74 Å². The van der Waals surface area contributed by atoms with Crippen LogP contribution in [-0.4, -0.2) is 48.5 Å². The molecule has 5 heteroatoms. The molecule has 0 aliphatic heterocycles. The fourth-order valence-electron chi connectivity index (χ4n) is 2.12. The van der Waals surface area contributed by atoms with Gasteiger partial charge in [-0.05, 0) is 38.5 Å². The van der Waals surface area contributed by atoms with Crippen molar-refractivity contribution in [3.63, 3.8) is 0 Å². The first-order valence-electron chi connectivity index (χ1n) is 7.20. The van der Waals surface area contributed by atoms with Gasteiger partial charge in [-0.1, -0.05) is 0 Å². The molecule has 0 aromatic heterocycles. The van der Waals surface area contributed by atoms with E-state index in [0.29, 0.717) is 36.4 Å². The Morgan fingerprint density at radius 3 is 2.38 bits per heavy atom.